The molecule has 4 rings (SSSR count). The molecule has 0 bridgehead atoms. The lowest BCUT2D eigenvalue weighted by molar-refractivity contribution is 0.0846. The molecule has 1 aliphatic heterocycles. The number of aromatic amines is 1. The molecule has 2 aromatic heterocycles. The molecule has 0 aliphatic carbocycles. The normalized spacial score (nSPS) is 14.0. The molecule has 8 heteroatoms. The summed E-state index contributed by atoms with van der Waals surface area (Å²) in [5.41, 5.74) is 6.79. The minimum absolute atomic E-state index is 0.127. The molecule has 3 aromatic rings. The Balaban J connectivity index is 1.73. The maximum atomic E-state index is 13.5. The standard InChI is InChI=1S/C29H36N4O4/c1-5-33(24-8-10-37-11-9-24)27-14-22(21-6-7-23(17-34)30-15-21)13-25(20(27)4)28(35)31-16-26-18(2)12-19(3)32-29(26)36/h6-7,12-15,24,34H,5,8-11,16-17H2,1-4H3,(H,31,35)(H,32,36). The highest BCUT2D eigenvalue weighted by Gasteiger charge is 2.25. The van der Waals surface area contributed by atoms with Crippen LogP contribution in [0.2, 0.25) is 0 Å². The van der Waals surface area contributed by atoms with E-state index in [0.717, 1.165) is 66.2 Å². The Morgan fingerprint density at radius 3 is 2.54 bits per heavy atom. The number of nitrogens with one attached hydrogen (secondary N) is 2. The number of amides is 1. The van der Waals surface area contributed by atoms with Crippen molar-refractivity contribution in [3.05, 3.63) is 80.5 Å². The molecule has 1 aliphatic rings. The second-order valence-corrected chi connectivity index (χ2v) is 9.62. The fourth-order valence-electron chi connectivity index (χ4n) is 5.08. The van der Waals surface area contributed by atoms with Crippen molar-refractivity contribution in [3.8, 4) is 11.1 Å². The summed E-state index contributed by atoms with van der Waals surface area (Å²) in [5, 5.41) is 12.4. The fraction of sp³-hybridized carbons (Fsp3) is 0.414. The Morgan fingerprint density at radius 1 is 1.16 bits per heavy atom. The first-order valence-corrected chi connectivity index (χ1v) is 12.8. The van der Waals surface area contributed by atoms with Crippen LogP contribution >= 0.6 is 0 Å². The molecular weight excluding hydrogens is 468 g/mol. The van der Waals surface area contributed by atoms with Gasteiger partial charge < -0.3 is 25.0 Å². The lowest BCUT2D eigenvalue weighted by Crippen LogP contribution is -2.40. The summed E-state index contributed by atoms with van der Waals surface area (Å²) in [4.78, 5) is 35.5. The van der Waals surface area contributed by atoms with E-state index in [4.69, 9.17) is 4.74 Å². The van der Waals surface area contributed by atoms with Gasteiger partial charge in [0, 0.05) is 66.6 Å². The van der Waals surface area contributed by atoms with E-state index in [0.29, 0.717) is 22.9 Å². The highest BCUT2D eigenvalue weighted by molar-refractivity contribution is 5.99. The van der Waals surface area contributed by atoms with E-state index in [1.807, 2.05) is 39.0 Å². The van der Waals surface area contributed by atoms with Gasteiger partial charge in [-0.25, -0.2) is 0 Å². The van der Waals surface area contributed by atoms with Crippen LogP contribution in [-0.4, -0.2) is 46.8 Å². The van der Waals surface area contributed by atoms with Crippen LogP contribution in [0.25, 0.3) is 11.1 Å². The maximum absolute atomic E-state index is 13.5. The Morgan fingerprint density at radius 2 is 1.92 bits per heavy atom. The van der Waals surface area contributed by atoms with Crippen molar-refractivity contribution in [1.82, 2.24) is 15.3 Å². The lowest BCUT2D eigenvalue weighted by atomic mass is 9.95. The number of H-pyrrole nitrogens is 1. The molecular formula is C29H36N4O4. The van der Waals surface area contributed by atoms with Gasteiger partial charge in [0.05, 0.1) is 12.3 Å². The number of ether oxygens (including phenoxy) is 1. The summed E-state index contributed by atoms with van der Waals surface area (Å²) in [6, 6.07) is 9.94. The van der Waals surface area contributed by atoms with E-state index in [-0.39, 0.29) is 24.6 Å². The molecule has 3 N–H and O–H groups in total. The monoisotopic (exact) mass is 504 g/mol. The first-order valence-electron chi connectivity index (χ1n) is 12.8. The number of carbonyl (C=O) groups excluding carboxylic acids is 1. The fourth-order valence-corrected chi connectivity index (χ4v) is 5.08. The van der Waals surface area contributed by atoms with Crippen LogP contribution in [0.4, 0.5) is 5.69 Å². The van der Waals surface area contributed by atoms with Gasteiger partial charge in [0.15, 0.2) is 0 Å². The average molecular weight is 505 g/mol. The number of nitrogens with zero attached hydrogens (tertiary/aromatic N) is 2. The number of hydrogen-bond donors (Lipinski definition) is 3. The Kier molecular flexibility index (Phi) is 8.41. The van der Waals surface area contributed by atoms with E-state index in [9.17, 15) is 14.7 Å². The topological polar surface area (TPSA) is 108 Å². The molecule has 1 amide bonds. The molecule has 0 saturated carbocycles. The highest BCUT2D eigenvalue weighted by atomic mass is 16.5. The van der Waals surface area contributed by atoms with Crippen LogP contribution in [0.3, 0.4) is 0 Å². The van der Waals surface area contributed by atoms with Gasteiger partial charge in [-0.2, -0.15) is 0 Å². The zero-order chi connectivity index (χ0) is 26.5. The molecule has 3 heterocycles. The summed E-state index contributed by atoms with van der Waals surface area (Å²) in [6.07, 6.45) is 3.59. The molecule has 0 unspecified atom stereocenters. The van der Waals surface area contributed by atoms with Crippen molar-refractivity contribution in [2.45, 2.75) is 59.7 Å². The quantitative estimate of drug-likeness (QED) is 0.431. The van der Waals surface area contributed by atoms with Crippen molar-refractivity contribution >= 4 is 11.6 Å². The molecule has 1 fully saturated rings. The van der Waals surface area contributed by atoms with E-state index in [2.05, 4.69) is 33.2 Å². The van der Waals surface area contributed by atoms with Gasteiger partial charge >= 0.3 is 0 Å². The van der Waals surface area contributed by atoms with Gasteiger partial charge in [0.1, 0.15) is 0 Å². The lowest BCUT2D eigenvalue weighted by Gasteiger charge is -2.37. The number of aromatic nitrogens is 2. The maximum Gasteiger partial charge on any atom is 0.253 e. The third-order valence-corrected chi connectivity index (χ3v) is 7.15. The average Bonchev–Trinajstić information content (AvgIpc) is 2.90. The number of anilines is 1. The minimum Gasteiger partial charge on any atom is -0.390 e. The highest BCUT2D eigenvalue weighted by Crippen LogP contribution is 2.33. The van der Waals surface area contributed by atoms with E-state index in [1.54, 1.807) is 12.3 Å². The number of rotatable bonds is 8. The Labute approximate surface area is 217 Å². The molecule has 1 saturated heterocycles. The Bertz CT molecular complexity index is 1310. The van der Waals surface area contributed by atoms with Crippen molar-refractivity contribution in [2.24, 2.45) is 0 Å². The smallest absolute Gasteiger partial charge is 0.253 e. The molecule has 196 valence electrons. The molecule has 8 nitrogen and oxygen atoms in total. The molecule has 37 heavy (non-hydrogen) atoms. The van der Waals surface area contributed by atoms with Crippen LogP contribution in [0.1, 0.15) is 58.2 Å². The van der Waals surface area contributed by atoms with Gasteiger partial charge in [-0.1, -0.05) is 6.07 Å². The van der Waals surface area contributed by atoms with Crippen LogP contribution in [0.5, 0.6) is 0 Å². The van der Waals surface area contributed by atoms with E-state index < -0.39 is 0 Å². The van der Waals surface area contributed by atoms with E-state index in [1.165, 1.54) is 0 Å². The largest absolute Gasteiger partial charge is 0.390 e. The summed E-state index contributed by atoms with van der Waals surface area (Å²) in [7, 11) is 0. The molecule has 1 aromatic carbocycles. The summed E-state index contributed by atoms with van der Waals surface area (Å²) in [6.45, 7) is 10.1. The van der Waals surface area contributed by atoms with E-state index >= 15 is 0 Å². The van der Waals surface area contributed by atoms with Crippen LogP contribution in [0, 0.1) is 20.8 Å². The second-order valence-electron chi connectivity index (χ2n) is 9.62. The number of aliphatic hydroxyl groups is 1. The predicted octanol–water partition coefficient (Wildman–Crippen LogP) is 3.79. The SMILES string of the molecule is CCN(c1cc(-c2ccc(CO)nc2)cc(C(=O)NCc2c(C)cc(C)[nH]c2=O)c1C)C1CCOCC1. The van der Waals surface area contributed by atoms with Gasteiger partial charge in [-0.3, -0.25) is 14.6 Å². The number of aryl methyl sites for hydroxylation is 2. The number of aliphatic hydroxyl groups excluding tert-OH is 1. The summed E-state index contributed by atoms with van der Waals surface area (Å²) >= 11 is 0. The molecule has 0 radical (unpaired) electrons. The van der Waals surface area contributed by atoms with Gasteiger partial charge in [0.2, 0.25) is 0 Å². The van der Waals surface area contributed by atoms with Gasteiger partial charge in [-0.05, 0) is 81.5 Å². The van der Waals surface area contributed by atoms with Crippen LogP contribution in [-0.2, 0) is 17.9 Å². The van der Waals surface area contributed by atoms with Crippen molar-refractivity contribution in [3.63, 3.8) is 0 Å². The van der Waals surface area contributed by atoms with Crippen LogP contribution in [0.15, 0.2) is 41.3 Å². The second kappa shape index (κ2) is 11.7. The first-order chi connectivity index (χ1) is 17.8. The van der Waals surface area contributed by atoms with Gasteiger partial charge in [-0.15, -0.1) is 0 Å². The molecule has 0 spiro atoms. The number of pyridine rings is 2. The van der Waals surface area contributed by atoms with Gasteiger partial charge in [0.25, 0.3) is 11.5 Å². The van der Waals surface area contributed by atoms with Crippen molar-refractivity contribution < 1.29 is 14.6 Å². The summed E-state index contributed by atoms with van der Waals surface area (Å²) < 4.78 is 5.59. The van der Waals surface area contributed by atoms with Crippen LogP contribution < -0.4 is 15.8 Å². The number of benzene rings is 1. The third-order valence-electron chi connectivity index (χ3n) is 7.15. The first kappa shape index (κ1) is 26.6. The zero-order valence-corrected chi connectivity index (χ0v) is 22.1. The van der Waals surface area contributed by atoms with Crippen molar-refractivity contribution in [1.29, 1.82) is 0 Å². The summed E-state index contributed by atoms with van der Waals surface area (Å²) in [5.74, 6) is -0.233. The predicted molar refractivity (Wildman–Crippen MR) is 145 cm³/mol. The number of carbonyl (C=O) groups is 1. The Hall–Kier alpha value is -3.49. The molecule has 0 atom stereocenters. The zero-order valence-electron chi connectivity index (χ0n) is 22.1. The van der Waals surface area contributed by atoms with Crippen molar-refractivity contribution in [2.75, 3.05) is 24.7 Å². The third kappa shape index (κ3) is 5.92. The minimum atomic E-state index is -0.233. The number of hydrogen-bond acceptors (Lipinski definition) is 6.